The molecule has 0 saturated heterocycles. The van der Waals surface area contributed by atoms with Gasteiger partial charge in [0.15, 0.2) is 0 Å². The van der Waals surface area contributed by atoms with E-state index in [2.05, 4.69) is 4.98 Å². The van der Waals surface area contributed by atoms with E-state index >= 15 is 0 Å². The first-order chi connectivity index (χ1) is 6.12. The van der Waals surface area contributed by atoms with Crippen molar-refractivity contribution in [2.75, 3.05) is 0 Å². The maximum absolute atomic E-state index is 10.1. The SMILES string of the molecule is CCC(O)(CC)c1cc(Cl)ccn1. The van der Waals surface area contributed by atoms with E-state index in [9.17, 15) is 5.11 Å². The van der Waals surface area contributed by atoms with Crippen LogP contribution >= 0.6 is 11.6 Å². The van der Waals surface area contributed by atoms with Gasteiger partial charge in [-0.15, -0.1) is 0 Å². The van der Waals surface area contributed by atoms with Crippen molar-refractivity contribution in [3.63, 3.8) is 0 Å². The summed E-state index contributed by atoms with van der Waals surface area (Å²) in [5, 5.41) is 10.7. The first-order valence-corrected chi connectivity index (χ1v) is 4.84. The second kappa shape index (κ2) is 4.07. The third-order valence-electron chi connectivity index (χ3n) is 2.37. The van der Waals surface area contributed by atoms with Crippen LogP contribution in [-0.2, 0) is 5.60 Å². The van der Waals surface area contributed by atoms with Gasteiger partial charge >= 0.3 is 0 Å². The quantitative estimate of drug-likeness (QED) is 0.812. The minimum absolute atomic E-state index is 0.616. The van der Waals surface area contributed by atoms with Crippen molar-refractivity contribution in [2.45, 2.75) is 32.3 Å². The molecule has 0 radical (unpaired) electrons. The fourth-order valence-electron chi connectivity index (χ4n) is 1.27. The lowest BCUT2D eigenvalue weighted by Gasteiger charge is -2.24. The standard InChI is InChI=1S/C10H14ClNO/c1-3-10(13,4-2)9-7-8(11)5-6-12-9/h5-7,13H,3-4H2,1-2H3. The van der Waals surface area contributed by atoms with Crippen molar-refractivity contribution in [1.29, 1.82) is 0 Å². The Bertz CT molecular complexity index is 284. The highest BCUT2D eigenvalue weighted by atomic mass is 35.5. The molecular weight excluding hydrogens is 186 g/mol. The predicted octanol–water partition coefficient (Wildman–Crippen LogP) is 2.74. The maximum atomic E-state index is 10.1. The summed E-state index contributed by atoms with van der Waals surface area (Å²) in [6.45, 7) is 3.87. The van der Waals surface area contributed by atoms with Gasteiger partial charge in [-0.2, -0.15) is 0 Å². The number of halogens is 1. The van der Waals surface area contributed by atoms with Crippen molar-refractivity contribution < 1.29 is 5.11 Å². The van der Waals surface area contributed by atoms with E-state index in [1.165, 1.54) is 0 Å². The van der Waals surface area contributed by atoms with Gasteiger partial charge in [0.1, 0.15) is 5.60 Å². The summed E-state index contributed by atoms with van der Waals surface area (Å²) < 4.78 is 0. The molecule has 0 saturated carbocycles. The van der Waals surface area contributed by atoms with Crippen LogP contribution in [0.25, 0.3) is 0 Å². The molecule has 1 heterocycles. The van der Waals surface area contributed by atoms with Crippen LogP contribution in [0.15, 0.2) is 18.3 Å². The molecule has 0 fully saturated rings. The van der Waals surface area contributed by atoms with Crippen molar-refractivity contribution in [3.05, 3.63) is 29.0 Å². The summed E-state index contributed by atoms with van der Waals surface area (Å²) in [4.78, 5) is 4.12. The molecule has 1 N–H and O–H groups in total. The molecule has 0 aliphatic heterocycles. The van der Waals surface area contributed by atoms with Crippen LogP contribution in [-0.4, -0.2) is 10.1 Å². The summed E-state index contributed by atoms with van der Waals surface area (Å²) in [5.74, 6) is 0. The van der Waals surface area contributed by atoms with Crippen molar-refractivity contribution >= 4 is 11.6 Å². The average Bonchev–Trinajstić information content (AvgIpc) is 2.17. The van der Waals surface area contributed by atoms with Crippen molar-refractivity contribution in [2.24, 2.45) is 0 Å². The monoisotopic (exact) mass is 199 g/mol. The van der Waals surface area contributed by atoms with Crippen molar-refractivity contribution in [3.8, 4) is 0 Å². The Labute approximate surface area is 83.6 Å². The van der Waals surface area contributed by atoms with Crippen molar-refractivity contribution in [1.82, 2.24) is 4.98 Å². The topological polar surface area (TPSA) is 33.1 Å². The van der Waals surface area contributed by atoms with E-state index < -0.39 is 5.60 Å². The largest absolute Gasteiger partial charge is 0.384 e. The minimum atomic E-state index is -0.828. The summed E-state index contributed by atoms with van der Waals surface area (Å²) in [5.41, 5.74) is -0.171. The van der Waals surface area contributed by atoms with Gasteiger partial charge in [-0.3, -0.25) is 4.98 Å². The van der Waals surface area contributed by atoms with Crippen LogP contribution in [0.2, 0.25) is 5.02 Å². The number of rotatable bonds is 3. The van der Waals surface area contributed by atoms with Gasteiger partial charge in [-0.25, -0.2) is 0 Å². The zero-order valence-electron chi connectivity index (χ0n) is 7.92. The highest BCUT2D eigenvalue weighted by Crippen LogP contribution is 2.27. The second-order valence-corrected chi connectivity index (χ2v) is 3.53. The third-order valence-corrected chi connectivity index (χ3v) is 2.60. The number of pyridine rings is 1. The zero-order chi connectivity index (χ0) is 9.90. The number of aromatic nitrogens is 1. The molecule has 3 heteroatoms. The molecule has 13 heavy (non-hydrogen) atoms. The van der Waals surface area contributed by atoms with E-state index in [1.807, 2.05) is 13.8 Å². The minimum Gasteiger partial charge on any atom is -0.384 e. The molecule has 0 aliphatic carbocycles. The molecule has 1 rings (SSSR count). The first kappa shape index (κ1) is 10.5. The van der Waals surface area contributed by atoms with Crippen LogP contribution in [0.1, 0.15) is 32.4 Å². The Morgan fingerprint density at radius 2 is 2.08 bits per heavy atom. The Morgan fingerprint density at radius 1 is 1.46 bits per heavy atom. The molecule has 0 unspecified atom stereocenters. The third kappa shape index (κ3) is 2.20. The van der Waals surface area contributed by atoms with Crippen LogP contribution in [0, 0.1) is 0 Å². The molecule has 1 aromatic rings. The smallest absolute Gasteiger partial charge is 0.106 e. The fourth-order valence-corrected chi connectivity index (χ4v) is 1.43. The van der Waals surface area contributed by atoms with Gasteiger partial charge in [0.25, 0.3) is 0 Å². The number of hydrogen-bond donors (Lipinski definition) is 1. The molecule has 0 spiro atoms. The fraction of sp³-hybridized carbons (Fsp3) is 0.500. The Kier molecular flexibility index (Phi) is 3.28. The van der Waals surface area contributed by atoms with Gasteiger partial charge < -0.3 is 5.11 Å². The van der Waals surface area contributed by atoms with Crippen LogP contribution in [0.5, 0.6) is 0 Å². The summed E-state index contributed by atoms with van der Waals surface area (Å²) in [7, 11) is 0. The molecule has 0 bridgehead atoms. The molecule has 72 valence electrons. The molecule has 2 nitrogen and oxygen atoms in total. The zero-order valence-corrected chi connectivity index (χ0v) is 8.67. The first-order valence-electron chi connectivity index (χ1n) is 4.47. The lowest BCUT2D eigenvalue weighted by molar-refractivity contribution is 0.0240. The molecule has 0 amide bonds. The predicted molar refractivity (Wildman–Crippen MR) is 53.7 cm³/mol. The number of hydrogen-bond acceptors (Lipinski definition) is 2. The summed E-state index contributed by atoms with van der Waals surface area (Å²) in [6, 6.07) is 3.42. The molecule has 0 atom stereocenters. The van der Waals surface area contributed by atoms with Gasteiger partial charge in [-0.05, 0) is 25.0 Å². The Balaban J connectivity index is 3.05. The molecule has 1 aromatic heterocycles. The van der Waals surface area contributed by atoms with Crippen LogP contribution in [0.4, 0.5) is 0 Å². The van der Waals surface area contributed by atoms with E-state index in [1.54, 1.807) is 18.3 Å². The average molecular weight is 200 g/mol. The second-order valence-electron chi connectivity index (χ2n) is 3.10. The maximum Gasteiger partial charge on any atom is 0.106 e. The molecule has 0 aliphatic rings. The Morgan fingerprint density at radius 3 is 2.54 bits per heavy atom. The Hall–Kier alpha value is -0.600. The van der Waals surface area contributed by atoms with E-state index in [0.717, 1.165) is 0 Å². The molecular formula is C10H14ClNO. The van der Waals surface area contributed by atoms with E-state index in [-0.39, 0.29) is 0 Å². The highest BCUT2D eigenvalue weighted by Gasteiger charge is 2.26. The van der Waals surface area contributed by atoms with Gasteiger partial charge in [0.2, 0.25) is 0 Å². The van der Waals surface area contributed by atoms with Crippen LogP contribution < -0.4 is 0 Å². The normalized spacial score (nSPS) is 11.7. The van der Waals surface area contributed by atoms with E-state index in [0.29, 0.717) is 23.6 Å². The van der Waals surface area contributed by atoms with Gasteiger partial charge in [-0.1, -0.05) is 25.4 Å². The highest BCUT2D eigenvalue weighted by molar-refractivity contribution is 6.30. The number of nitrogens with zero attached hydrogens (tertiary/aromatic N) is 1. The van der Waals surface area contributed by atoms with E-state index in [4.69, 9.17) is 11.6 Å². The van der Waals surface area contributed by atoms with Gasteiger partial charge in [0.05, 0.1) is 5.69 Å². The van der Waals surface area contributed by atoms with Gasteiger partial charge in [0, 0.05) is 11.2 Å². The lowest BCUT2D eigenvalue weighted by Crippen LogP contribution is -2.24. The summed E-state index contributed by atoms with van der Waals surface area (Å²) >= 11 is 5.81. The number of aliphatic hydroxyl groups is 1. The van der Waals surface area contributed by atoms with Crippen LogP contribution in [0.3, 0.4) is 0 Å². The lowest BCUT2D eigenvalue weighted by atomic mass is 9.93. The molecule has 0 aromatic carbocycles. The summed E-state index contributed by atoms with van der Waals surface area (Å²) in [6.07, 6.45) is 2.92.